The van der Waals surface area contributed by atoms with Crippen molar-refractivity contribution in [2.45, 2.75) is 31.1 Å². The molecule has 0 radical (unpaired) electrons. The number of benzene rings is 2. The van der Waals surface area contributed by atoms with Gasteiger partial charge in [0.05, 0.1) is 34.7 Å². The Labute approximate surface area is 232 Å². The summed E-state index contributed by atoms with van der Waals surface area (Å²) in [5.41, 5.74) is -0.376. The third-order valence-corrected chi connectivity index (χ3v) is 9.58. The van der Waals surface area contributed by atoms with Gasteiger partial charge in [-0.05, 0) is 48.7 Å². The molecule has 2 heterocycles. The molecule has 6 rings (SSSR count). The number of hydrogen-bond acceptors (Lipinski definition) is 5. The Morgan fingerprint density at radius 3 is 2.59 bits per heavy atom. The molecule has 0 atom stereocenters. The number of carbonyl (C=O) groups is 2. The maximum absolute atomic E-state index is 16.0. The standard InChI is InChI=1S/C31H22F3NO5S/c1-16-4-3-5-22(25(36)12-16)26-27-28(24(34)14-18-10-11-40-31(18)27)35(15-19-13-20(32)6-9-23(19)33)29(26)30(37)17(2)41(38,39)21-7-8-21/h3-6,9-11,13-14,21H,1-2,7-8,12,15H2. The van der Waals surface area contributed by atoms with Crippen molar-refractivity contribution in [3.8, 4) is 0 Å². The van der Waals surface area contributed by atoms with E-state index in [9.17, 15) is 26.8 Å². The first-order valence-corrected chi connectivity index (χ1v) is 14.3. The second kappa shape index (κ2) is 9.59. The number of nitrogens with zero attached hydrogens (tertiary/aromatic N) is 1. The van der Waals surface area contributed by atoms with Crippen molar-refractivity contribution in [3.63, 3.8) is 0 Å². The fraction of sp³-hybridized carbons (Fsp3) is 0.161. The van der Waals surface area contributed by atoms with E-state index in [1.165, 1.54) is 18.4 Å². The van der Waals surface area contributed by atoms with Crippen LogP contribution in [-0.2, 0) is 21.2 Å². The van der Waals surface area contributed by atoms with E-state index in [2.05, 4.69) is 13.2 Å². The van der Waals surface area contributed by atoms with Crippen molar-refractivity contribution >= 4 is 48.8 Å². The average Bonchev–Trinajstić information content (AvgIpc) is 3.64. The number of sulfone groups is 1. The summed E-state index contributed by atoms with van der Waals surface area (Å²) >= 11 is 0. The Bertz CT molecular complexity index is 2020. The molecule has 208 valence electrons. The number of hydrogen-bond donors (Lipinski definition) is 0. The zero-order chi connectivity index (χ0) is 29.2. The monoisotopic (exact) mass is 577 g/mol. The van der Waals surface area contributed by atoms with Crippen molar-refractivity contribution < 1.29 is 35.6 Å². The third kappa shape index (κ3) is 4.39. The first kappa shape index (κ1) is 26.8. The number of Topliss-reactive ketones (excluding diaryl/α,β-unsaturated/α-hetero) is 2. The second-order valence-corrected chi connectivity index (χ2v) is 12.4. The summed E-state index contributed by atoms with van der Waals surface area (Å²) in [4.78, 5) is 26.9. The van der Waals surface area contributed by atoms with E-state index in [1.807, 2.05) is 0 Å². The van der Waals surface area contributed by atoms with Gasteiger partial charge >= 0.3 is 0 Å². The molecular weight excluding hydrogens is 555 g/mol. The van der Waals surface area contributed by atoms with E-state index < -0.39 is 61.2 Å². The van der Waals surface area contributed by atoms with Gasteiger partial charge in [-0.15, -0.1) is 0 Å². The molecular formula is C31H22F3NO5S. The van der Waals surface area contributed by atoms with Crippen LogP contribution in [0.15, 0.2) is 82.9 Å². The molecule has 0 unspecified atom stereocenters. The molecule has 0 N–H and O–H groups in total. The van der Waals surface area contributed by atoms with Gasteiger partial charge in [-0.1, -0.05) is 31.4 Å². The van der Waals surface area contributed by atoms with Gasteiger partial charge in [-0.3, -0.25) is 9.59 Å². The minimum Gasteiger partial charge on any atom is -0.464 e. The fourth-order valence-corrected chi connectivity index (χ4v) is 6.73. The zero-order valence-electron chi connectivity index (χ0n) is 21.5. The van der Waals surface area contributed by atoms with Crippen LogP contribution in [-0.4, -0.2) is 29.8 Å². The molecule has 41 heavy (non-hydrogen) atoms. The van der Waals surface area contributed by atoms with E-state index in [0.717, 1.165) is 28.8 Å². The van der Waals surface area contributed by atoms with Crippen molar-refractivity contribution in [1.82, 2.24) is 4.57 Å². The molecule has 2 aliphatic carbocycles. The Morgan fingerprint density at radius 1 is 1.10 bits per heavy atom. The SMILES string of the molecule is C=C1C=CC=C(c2c(C(=O)C(=C)S(=O)(=O)C3CC3)n(Cc3cc(F)ccc3F)c3c(F)cc4ccoc4c23)C(=O)C1. The van der Waals surface area contributed by atoms with Gasteiger partial charge in [0.1, 0.15) is 27.9 Å². The van der Waals surface area contributed by atoms with Crippen molar-refractivity contribution in [2.24, 2.45) is 0 Å². The molecule has 2 aromatic carbocycles. The normalized spacial score (nSPS) is 15.9. The number of rotatable bonds is 7. The molecule has 0 aliphatic heterocycles. The third-order valence-electron chi connectivity index (χ3n) is 7.36. The number of carbonyl (C=O) groups excluding carboxylic acids is 2. The highest BCUT2D eigenvalue weighted by molar-refractivity contribution is 7.97. The quantitative estimate of drug-likeness (QED) is 0.183. The summed E-state index contributed by atoms with van der Waals surface area (Å²) in [5, 5.41) is -0.447. The molecule has 0 amide bonds. The van der Waals surface area contributed by atoms with Crippen LogP contribution in [0.25, 0.3) is 27.4 Å². The van der Waals surface area contributed by atoms with E-state index in [4.69, 9.17) is 4.42 Å². The molecule has 6 nitrogen and oxygen atoms in total. The van der Waals surface area contributed by atoms with Gasteiger partial charge in [-0.25, -0.2) is 21.6 Å². The first-order chi connectivity index (χ1) is 19.5. The highest BCUT2D eigenvalue weighted by Gasteiger charge is 2.42. The van der Waals surface area contributed by atoms with Crippen LogP contribution in [0.4, 0.5) is 13.2 Å². The predicted octanol–water partition coefficient (Wildman–Crippen LogP) is 6.60. The molecule has 0 bridgehead atoms. The number of fused-ring (bicyclic) bond motifs is 3. The van der Waals surface area contributed by atoms with Gasteiger partial charge in [0.25, 0.3) is 0 Å². The molecule has 0 spiro atoms. The Morgan fingerprint density at radius 2 is 1.85 bits per heavy atom. The van der Waals surface area contributed by atoms with E-state index in [-0.39, 0.29) is 39.6 Å². The summed E-state index contributed by atoms with van der Waals surface area (Å²) in [5.74, 6) is -4.00. The summed E-state index contributed by atoms with van der Waals surface area (Å²) in [6.07, 6.45) is 6.47. The van der Waals surface area contributed by atoms with Crippen LogP contribution in [0.5, 0.6) is 0 Å². The Balaban J connectivity index is 1.74. The van der Waals surface area contributed by atoms with Gasteiger partial charge in [0.2, 0.25) is 5.78 Å². The first-order valence-electron chi connectivity index (χ1n) is 12.7. The van der Waals surface area contributed by atoms with Crippen LogP contribution in [0.3, 0.4) is 0 Å². The van der Waals surface area contributed by atoms with Crippen molar-refractivity contribution in [3.05, 3.63) is 113 Å². The number of furan rings is 1. The van der Waals surface area contributed by atoms with Crippen LogP contribution in [0.1, 0.15) is 40.9 Å². The average molecular weight is 578 g/mol. The lowest BCUT2D eigenvalue weighted by Gasteiger charge is -2.15. The maximum Gasteiger partial charge on any atom is 0.220 e. The van der Waals surface area contributed by atoms with Crippen LogP contribution < -0.4 is 0 Å². The highest BCUT2D eigenvalue weighted by Crippen LogP contribution is 2.43. The second-order valence-electron chi connectivity index (χ2n) is 10.2. The molecule has 1 saturated carbocycles. The number of allylic oxidation sites excluding steroid dienone is 6. The van der Waals surface area contributed by atoms with Crippen LogP contribution in [0, 0.1) is 17.5 Å². The molecule has 10 heteroatoms. The van der Waals surface area contributed by atoms with E-state index >= 15 is 4.39 Å². The van der Waals surface area contributed by atoms with Gasteiger partial charge in [-0.2, -0.15) is 0 Å². The molecule has 4 aromatic rings. The lowest BCUT2D eigenvalue weighted by Crippen LogP contribution is -2.21. The van der Waals surface area contributed by atoms with E-state index in [1.54, 1.807) is 12.2 Å². The van der Waals surface area contributed by atoms with Crippen LogP contribution >= 0.6 is 0 Å². The molecule has 2 aromatic heterocycles. The summed E-state index contributed by atoms with van der Waals surface area (Å²) in [6.45, 7) is 6.86. The molecule has 1 fully saturated rings. The predicted molar refractivity (Wildman–Crippen MR) is 148 cm³/mol. The minimum absolute atomic E-state index is 0.0160. The molecule has 2 aliphatic rings. The Hall–Kier alpha value is -4.44. The largest absolute Gasteiger partial charge is 0.464 e. The number of halogens is 3. The lowest BCUT2D eigenvalue weighted by molar-refractivity contribution is -0.113. The van der Waals surface area contributed by atoms with Crippen molar-refractivity contribution in [1.29, 1.82) is 0 Å². The zero-order valence-corrected chi connectivity index (χ0v) is 22.4. The summed E-state index contributed by atoms with van der Waals surface area (Å²) < 4.78 is 78.1. The Kier molecular flexibility index (Phi) is 6.26. The van der Waals surface area contributed by atoms with Gasteiger partial charge in [0.15, 0.2) is 15.6 Å². The van der Waals surface area contributed by atoms with E-state index in [0.29, 0.717) is 23.8 Å². The van der Waals surface area contributed by atoms with Gasteiger partial charge < -0.3 is 8.98 Å². The van der Waals surface area contributed by atoms with Crippen molar-refractivity contribution in [2.75, 3.05) is 0 Å². The fourth-order valence-electron chi connectivity index (χ4n) is 5.22. The lowest BCUT2D eigenvalue weighted by atomic mass is 9.94. The highest BCUT2D eigenvalue weighted by atomic mass is 32.2. The molecule has 0 saturated heterocycles. The minimum atomic E-state index is -4.11. The summed E-state index contributed by atoms with van der Waals surface area (Å²) in [7, 11) is -4.11. The van der Waals surface area contributed by atoms with Crippen LogP contribution in [0.2, 0.25) is 0 Å². The number of aromatic nitrogens is 1. The maximum atomic E-state index is 16.0. The topological polar surface area (TPSA) is 86.3 Å². The summed E-state index contributed by atoms with van der Waals surface area (Å²) in [6, 6.07) is 5.35. The van der Waals surface area contributed by atoms with Gasteiger partial charge in [0, 0.05) is 28.5 Å². The number of ketones is 2. The smallest absolute Gasteiger partial charge is 0.220 e.